The molecule has 21 heavy (non-hydrogen) atoms. The number of hydrogen-bond acceptors (Lipinski definition) is 2. The van der Waals surface area contributed by atoms with Crippen LogP contribution >= 0.6 is 0 Å². The summed E-state index contributed by atoms with van der Waals surface area (Å²) in [5.41, 5.74) is 0.441. The average Bonchev–Trinajstić information content (AvgIpc) is 2.46. The van der Waals surface area contributed by atoms with Crippen LogP contribution in [0.2, 0.25) is 0 Å². The highest BCUT2D eigenvalue weighted by molar-refractivity contribution is 4.87. The Morgan fingerprint density at radius 3 is 2.52 bits per heavy atom. The van der Waals surface area contributed by atoms with Crippen molar-refractivity contribution in [2.45, 2.75) is 66.2 Å². The summed E-state index contributed by atoms with van der Waals surface area (Å²) >= 11 is 0. The summed E-state index contributed by atoms with van der Waals surface area (Å²) in [4.78, 5) is 2.78. The van der Waals surface area contributed by atoms with Crippen molar-refractivity contribution in [3.8, 4) is 0 Å². The van der Waals surface area contributed by atoms with Crippen LogP contribution in [-0.2, 0) is 0 Å². The van der Waals surface area contributed by atoms with Gasteiger partial charge < -0.3 is 10.2 Å². The van der Waals surface area contributed by atoms with Crippen molar-refractivity contribution in [1.29, 1.82) is 0 Å². The SMILES string of the molecule is CCC(C)(CNCC(C)C)CN1CCC2CCCCC2C1. The van der Waals surface area contributed by atoms with E-state index in [0.29, 0.717) is 5.41 Å². The van der Waals surface area contributed by atoms with Crippen molar-refractivity contribution in [1.82, 2.24) is 10.2 Å². The molecular formula is C19H38N2. The molecule has 0 spiro atoms. The molecule has 2 aliphatic rings. The first-order valence-corrected chi connectivity index (χ1v) is 9.45. The number of nitrogens with zero attached hydrogens (tertiary/aromatic N) is 1. The normalized spacial score (nSPS) is 30.1. The van der Waals surface area contributed by atoms with Crippen LogP contribution in [0.15, 0.2) is 0 Å². The fourth-order valence-electron chi connectivity index (χ4n) is 4.31. The molecule has 1 saturated heterocycles. The summed E-state index contributed by atoms with van der Waals surface area (Å²) in [6.45, 7) is 15.8. The van der Waals surface area contributed by atoms with Crippen LogP contribution in [-0.4, -0.2) is 37.6 Å². The van der Waals surface area contributed by atoms with E-state index in [2.05, 4.69) is 37.9 Å². The Labute approximate surface area is 133 Å². The number of hydrogen-bond donors (Lipinski definition) is 1. The first-order chi connectivity index (χ1) is 10.0. The van der Waals surface area contributed by atoms with Gasteiger partial charge in [-0.3, -0.25) is 0 Å². The lowest BCUT2D eigenvalue weighted by atomic mass is 9.74. The molecule has 0 aromatic heterocycles. The lowest BCUT2D eigenvalue weighted by Crippen LogP contribution is -2.48. The molecule has 1 aliphatic heterocycles. The van der Waals surface area contributed by atoms with Gasteiger partial charge in [0.15, 0.2) is 0 Å². The molecule has 2 rings (SSSR count). The molecule has 124 valence electrons. The van der Waals surface area contributed by atoms with Gasteiger partial charge in [-0.25, -0.2) is 0 Å². The fraction of sp³-hybridized carbons (Fsp3) is 1.00. The summed E-state index contributed by atoms with van der Waals surface area (Å²) < 4.78 is 0. The van der Waals surface area contributed by atoms with Gasteiger partial charge in [0.2, 0.25) is 0 Å². The summed E-state index contributed by atoms with van der Waals surface area (Å²) in [6.07, 6.45) is 8.73. The second-order valence-electron chi connectivity index (χ2n) is 8.52. The summed E-state index contributed by atoms with van der Waals surface area (Å²) in [5, 5.41) is 3.70. The van der Waals surface area contributed by atoms with E-state index in [9.17, 15) is 0 Å². The molecule has 0 radical (unpaired) electrons. The zero-order valence-electron chi connectivity index (χ0n) is 15.0. The molecule has 0 bridgehead atoms. The summed E-state index contributed by atoms with van der Waals surface area (Å²) in [6, 6.07) is 0. The Bertz CT molecular complexity index is 302. The predicted molar refractivity (Wildman–Crippen MR) is 92.6 cm³/mol. The maximum Gasteiger partial charge on any atom is 0.00475 e. The van der Waals surface area contributed by atoms with Crippen molar-refractivity contribution >= 4 is 0 Å². The number of piperidine rings is 1. The Kier molecular flexibility index (Phi) is 6.55. The van der Waals surface area contributed by atoms with E-state index < -0.39 is 0 Å². The van der Waals surface area contributed by atoms with Crippen LogP contribution in [0.1, 0.15) is 66.2 Å². The lowest BCUT2D eigenvalue weighted by molar-refractivity contribution is 0.0544. The molecule has 2 fully saturated rings. The number of fused-ring (bicyclic) bond motifs is 1. The minimum Gasteiger partial charge on any atom is -0.316 e. The van der Waals surface area contributed by atoms with Crippen LogP contribution < -0.4 is 5.32 Å². The molecule has 3 unspecified atom stereocenters. The van der Waals surface area contributed by atoms with Gasteiger partial charge in [0.1, 0.15) is 0 Å². The first-order valence-electron chi connectivity index (χ1n) is 9.45. The second-order valence-corrected chi connectivity index (χ2v) is 8.52. The summed E-state index contributed by atoms with van der Waals surface area (Å²) in [5.74, 6) is 2.82. The molecule has 0 aromatic carbocycles. The van der Waals surface area contributed by atoms with E-state index in [4.69, 9.17) is 0 Å². The molecule has 2 nitrogen and oxygen atoms in total. The monoisotopic (exact) mass is 294 g/mol. The largest absolute Gasteiger partial charge is 0.316 e. The van der Waals surface area contributed by atoms with E-state index in [0.717, 1.165) is 24.3 Å². The average molecular weight is 295 g/mol. The third kappa shape index (κ3) is 5.25. The smallest absolute Gasteiger partial charge is 0.00475 e. The number of nitrogens with one attached hydrogen (secondary N) is 1. The third-order valence-electron chi connectivity index (χ3n) is 5.94. The van der Waals surface area contributed by atoms with Gasteiger partial charge in [0.05, 0.1) is 0 Å². The van der Waals surface area contributed by atoms with Crippen LogP contribution in [0.4, 0.5) is 0 Å². The van der Waals surface area contributed by atoms with Crippen LogP contribution in [0.25, 0.3) is 0 Å². The van der Waals surface area contributed by atoms with Crippen LogP contribution in [0, 0.1) is 23.2 Å². The molecule has 2 heteroatoms. The number of likely N-dealkylation sites (tertiary alicyclic amines) is 1. The highest BCUT2D eigenvalue weighted by Gasteiger charge is 2.33. The lowest BCUT2D eigenvalue weighted by Gasteiger charge is -2.44. The molecular weight excluding hydrogens is 256 g/mol. The first kappa shape index (κ1) is 17.3. The van der Waals surface area contributed by atoms with Crippen molar-refractivity contribution in [2.75, 3.05) is 32.7 Å². The van der Waals surface area contributed by atoms with Gasteiger partial charge in [-0.2, -0.15) is 0 Å². The van der Waals surface area contributed by atoms with E-state index in [1.807, 2.05) is 0 Å². The van der Waals surface area contributed by atoms with Gasteiger partial charge >= 0.3 is 0 Å². The minimum absolute atomic E-state index is 0.441. The molecule has 0 aromatic rings. The van der Waals surface area contributed by atoms with Crippen LogP contribution in [0.5, 0.6) is 0 Å². The van der Waals surface area contributed by atoms with E-state index in [-0.39, 0.29) is 0 Å². The second kappa shape index (κ2) is 7.97. The van der Waals surface area contributed by atoms with E-state index in [1.165, 1.54) is 64.7 Å². The van der Waals surface area contributed by atoms with Crippen LogP contribution in [0.3, 0.4) is 0 Å². The Morgan fingerprint density at radius 1 is 1.14 bits per heavy atom. The van der Waals surface area contributed by atoms with Gasteiger partial charge in [0, 0.05) is 19.6 Å². The maximum atomic E-state index is 3.70. The Balaban J connectivity index is 1.80. The van der Waals surface area contributed by atoms with Gasteiger partial charge in [-0.15, -0.1) is 0 Å². The molecule has 1 aliphatic carbocycles. The van der Waals surface area contributed by atoms with E-state index >= 15 is 0 Å². The highest BCUT2D eigenvalue weighted by atomic mass is 15.1. The minimum atomic E-state index is 0.441. The van der Waals surface area contributed by atoms with E-state index in [1.54, 1.807) is 0 Å². The molecule has 1 saturated carbocycles. The van der Waals surface area contributed by atoms with Crippen molar-refractivity contribution in [3.63, 3.8) is 0 Å². The molecule has 1 N–H and O–H groups in total. The predicted octanol–water partition coefficient (Wildman–Crippen LogP) is 4.16. The Hall–Kier alpha value is -0.0800. The topological polar surface area (TPSA) is 15.3 Å². The third-order valence-corrected chi connectivity index (χ3v) is 5.94. The quantitative estimate of drug-likeness (QED) is 0.758. The zero-order valence-corrected chi connectivity index (χ0v) is 15.0. The fourth-order valence-corrected chi connectivity index (χ4v) is 4.31. The van der Waals surface area contributed by atoms with Crippen molar-refractivity contribution in [2.24, 2.45) is 23.2 Å². The van der Waals surface area contributed by atoms with Crippen molar-refractivity contribution < 1.29 is 0 Å². The van der Waals surface area contributed by atoms with Crippen molar-refractivity contribution in [3.05, 3.63) is 0 Å². The molecule has 3 atom stereocenters. The maximum absolute atomic E-state index is 3.70. The summed E-state index contributed by atoms with van der Waals surface area (Å²) in [7, 11) is 0. The van der Waals surface area contributed by atoms with Gasteiger partial charge in [-0.1, -0.05) is 47.0 Å². The van der Waals surface area contributed by atoms with Gasteiger partial charge in [-0.05, 0) is 55.5 Å². The Morgan fingerprint density at radius 2 is 1.86 bits per heavy atom. The zero-order chi connectivity index (χ0) is 15.3. The number of rotatable bonds is 7. The highest BCUT2D eigenvalue weighted by Crippen LogP contribution is 2.37. The van der Waals surface area contributed by atoms with Gasteiger partial charge in [0.25, 0.3) is 0 Å². The standard InChI is InChI=1S/C19H38N2/c1-5-19(4,14-20-12-16(2)3)15-21-11-10-17-8-6-7-9-18(17)13-21/h16-18,20H,5-15H2,1-4H3. The molecule has 0 amide bonds. The molecule has 1 heterocycles.